The van der Waals surface area contributed by atoms with E-state index in [1.54, 1.807) is 17.9 Å². The van der Waals surface area contributed by atoms with Crippen molar-refractivity contribution >= 4 is 5.91 Å². The van der Waals surface area contributed by atoms with Gasteiger partial charge in [0.15, 0.2) is 0 Å². The minimum Gasteiger partial charge on any atom is -0.379 e. The maximum Gasteiger partial charge on any atom is 0.271 e. The van der Waals surface area contributed by atoms with Crippen LogP contribution in [0.2, 0.25) is 0 Å². The fourth-order valence-corrected chi connectivity index (χ4v) is 1.94. The first-order chi connectivity index (χ1) is 8.61. The van der Waals surface area contributed by atoms with Gasteiger partial charge in [-0.1, -0.05) is 0 Å². The molecule has 1 amide bonds. The van der Waals surface area contributed by atoms with Crippen LogP contribution in [0.15, 0.2) is 12.3 Å². The molecule has 0 aliphatic heterocycles. The molecular weight excluding hydrogens is 230 g/mol. The highest BCUT2D eigenvalue weighted by molar-refractivity contribution is 5.92. The topological polar surface area (TPSA) is 56.1 Å². The van der Waals surface area contributed by atoms with E-state index in [0.29, 0.717) is 18.2 Å². The van der Waals surface area contributed by atoms with Gasteiger partial charge in [0.25, 0.3) is 5.91 Å². The SMILES string of the molecule is CO[C@H](CNC(=O)c1ccn(C(C)C)n1)C1CC1. The van der Waals surface area contributed by atoms with Crippen molar-refractivity contribution in [2.24, 2.45) is 5.92 Å². The first-order valence-corrected chi connectivity index (χ1v) is 6.48. The van der Waals surface area contributed by atoms with Crippen molar-refractivity contribution in [3.8, 4) is 0 Å². The Bertz CT molecular complexity index is 410. The second kappa shape index (κ2) is 5.52. The Labute approximate surface area is 108 Å². The van der Waals surface area contributed by atoms with Crippen molar-refractivity contribution in [3.05, 3.63) is 18.0 Å². The van der Waals surface area contributed by atoms with Crippen molar-refractivity contribution in [1.29, 1.82) is 0 Å². The van der Waals surface area contributed by atoms with Gasteiger partial charge in [0.1, 0.15) is 5.69 Å². The molecule has 100 valence electrons. The second-order valence-electron chi connectivity index (χ2n) is 5.10. The zero-order valence-electron chi connectivity index (χ0n) is 11.2. The maximum absolute atomic E-state index is 11.9. The van der Waals surface area contributed by atoms with Gasteiger partial charge in [0.2, 0.25) is 0 Å². The van der Waals surface area contributed by atoms with E-state index >= 15 is 0 Å². The third-order valence-electron chi connectivity index (χ3n) is 3.28. The molecule has 0 saturated heterocycles. The van der Waals surface area contributed by atoms with Gasteiger partial charge in [0, 0.05) is 25.9 Å². The third-order valence-corrected chi connectivity index (χ3v) is 3.28. The summed E-state index contributed by atoms with van der Waals surface area (Å²) in [7, 11) is 1.70. The summed E-state index contributed by atoms with van der Waals surface area (Å²) in [5.41, 5.74) is 0.467. The Kier molecular flexibility index (Phi) is 4.01. The summed E-state index contributed by atoms with van der Waals surface area (Å²) >= 11 is 0. The van der Waals surface area contributed by atoms with Crippen LogP contribution in [-0.4, -0.2) is 35.4 Å². The minimum absolute atomic E-state index is 0.128. The van der Waals surface area contributed by atoms with Crippen LogP contribution in [-0.2, 0) is 4.74 Å². The molecule has 1 aliphatic carbocycles. The number of hydrogen-bond acceptors (Lipinski definition) is 3. The van der Waals surface area contributed by atoms with Crippen LogP contribution in [0.3, 0.4) is 0 Å². The smallest absolute Gasteiger partial charge is 0.271 e. The standard InChI is InChI=1S/C13H21N3O2/c1-9(2)16-7-6-11(15-16)13(17)14-8-12(18-3)10-4-5-10/h6-7,9-10,12H,4-5,8H2,1-3H3,(H,14,17)/t12-/m1/s1. The lowest BCUT2D eigenvalue weighted by atomic mass is 10.2. The fraction of sp³-hybridized carbons (Fsp3) is 0.692. The van der Waals surface area contributed by atoms with Crippen LogP contribution in [0.4, 0.5) is 0 Å². The Morgan fingerprint density at radius 1 is 1.61 bits per heavy atom. The second-order valence-corrected chi connectivity index (χ2v) is 5.10. The van der Waals surface area contributed by atoms with Crippen molar-refractivity contribution in [2.75, 3.05) is 13.7 Å². The van der Waals surface area contributed by atoms with Gasteiger partial charge in [-0.15, -0.1) is 0 Å². The summed E-state index contributed by atoms with van der Waals surface area (Å²) in [6, 6.07) is 2.01. The monoisotopic (exact) mass is 251 g/mol. The number of carbonyl (C=O) groups is 1. The zero-order valence-corrected chi connectivity index (χ0v) is 11.2. The highest BCUT2D eigenvalue weighted by atomic mass is 16.5. The van der Waals surface area contributed by atoms with Crippen LogP contribution in [0.25, 0.3) is 0 Å². The average Bonchev–Trinajstić information content (AvgIpc) is 3.05. The van der Waals surface area contributed by atoms with E-state index in [-0.39, 0.29) is 18.1 Å². The molecule has 1 aromatic heterocycles. The number of aromatic nitrogens is 2. The molecule has 0 aromatic carbocycles. The number of nitrogens with zero attached hydrogens (tertiary/aromatic N) is 2. The van der Waals surface area contributed by atoms with E-state index in [2.05, 4.69) is 10.4 Å². The molecule has 5 heteroatoms. The Balaban J connectivity index is 1.86. The summed E-state index contributed by atoms with van der Waals surface area (Å²) < 4.78 is 7.14. The lowest BCUT2D eigenvalue weighted by Gasteiger charge is -2.14. The third kappa shape index (κ3) is 3.10. The Hall–Kier alpha value is -1.36. The summed E-state index contributed by atoms with van der Waals surface area (Å²) in [6.07, 6.45) is 4.38. The molecule has 0 spiro atoms. The molecule has 18 heavy (non-hydrogen) atoms. The van der Waals surface area contributed by atoms with Crippen LogP contribution < -0.4 is 5.32 Å². The van der Waals surface area contributed by atoms with Crippen molar-refractivity contribution in [3.63, 3.8) is 0 Å². The average molecular weight is 251 g/mol. The van der Waals surface area contributed by atoms with E-state index in [1.807, 2.05) is 20.0 Å². The molecule has 1 saturated carbocycles. The van der Waals surface area contributed by atoms with Gasteiger partial charge in [-0.2, -0.15) is 5.10 Å². The minimum atomic E-state index is -0.128. The number of hydrogen-bond donors (Lipinski definition) is 1. The van der Waals surface area contributed by atoms with Crippen LogP contribution in [0.1, 0.15) is 43.2 Å². The van der Waals surface area contributed by atoms with Gasteiger partial charge in [0.05, 0.1) is 6.10 Å². The van der Waals surface area contributed by atoms with E-state index in [0.717, 1.165) is 0 Å². The number of ether oxygens (including phenoxy) is 1. The summed E-state index contributed by atoms with van der Waals surface area (Å²) in [5.74, 6) is 0.487. The van der Waals surface area contributed by atoms with E-state index < -0.39 is 0 Å². The first-order valence-electron chi connectivity index (χ1n) is 6.48. The fourth-order valence-electron chi connectivity index (χ4n) is 1.94. The summed E-state index contributed by atoms with van der Waals surface area (Å²) in [5, 5.41) is 7.12. The molecule has 2 rings (SSSR count). The number of carbonyl (C=O) groups excluding carboxylic acids is 1. The number of nitrogens with one attached hydrogen (secondary N) is 1. The van der Waals surface area contributed by atoms with Gasteiger partial charge in [-0.25, -0.2) is 0 Å². The molecule has 1 aliphatic rings. The number of amides is 1. The molecule has 0 bridgehead atoms. The van der Waals surface area contributed by atoms with Gasteiger partial charge >= 0.3 is 0 Å². The maximum atomic E-state index is 11.9. The predicted molar refractivity (Wildman–Crippen MR) is 68.5 cm³/mol. The molecule has 1 fully saturated rings. The lowest BCUT2D eigenvalue weighted by molar-refractivity contribution is 0.0738. The molecule has 0 radical (unpaired) electrons. The Morgan fingerprint density at radius 3 is 2.83 bits per heavy atom. The largest absolute Gasteiger partial charge is 0.379 e. The van der Waals surface area contributed by atoms with Crippen molar-refractivity contribution < 1.29 is 9.53 Å². The van der Waals surface area contributed by atoms with E-state index in [9.17, 15) is 4.79 Å². The molecule has 1 atom stereocenters. The van der Waals surface area contributed by atoms with Crippen LogP contribution in [0, 0.1) is 5.92 Å². The molecule has 1 N–H and O–H groups in total. The molecule has 0 unspecified atom stereocenters. The lowest BCUT2D eigenvalue weighted by Crippen LogP contribution is -2.34. The zero-order chi connectivity index (χ0) is 13.1. The predicted octanol–water partition coefficient (Wildman–Crippen LogP) is 1.62. The summed E-state index contributed by atoms with van der Waals surface area (Å²) in [4.78, 5) is 11.9. The summed E-state index contributed by atoms with van der Waals surface area (Å²) in [6.45, 7) is 4.63. The van der Waals surface area contributed by atoms with E-state index in [4.69, 9.17) is 4.74 Å². The van der Waals surface area contributed by atoms with Gasteiger partial charge in [-0.05, 0) is 38.7 Å². The quantitative estimate of drug-likeness (QED) is 0.836. The van der Waals surface area contributed by atoms with Gasteiger partial charge in [-0.3, -0.25) is 9.48 Å². The first kappa shape index (κ1) is 13.1. The highest BCUT2D eigenvalue weighted by Crippen LogP contribution is 2.33. The van der Waals surface area contributed by atoms with Crippen LogP contribution in [0.5, 0.6) is 0 Å². The van der Waals surface area contributed by atoms with Crippen molar-refractivity contribution in [2.45, 2.75) is 38.8 Å². The number of methoxy groups -OCH3 is 1. The van der Waals surface area contributed by atoms with Crippen LogP contribution >= 0.6 is 0 Å². The molecular formula is C13H21N3O2. The number of rotatable bonds is 6. The molecule has 1 aromatic rings. The highest BCUT2D eigenvalue weighted by Gasteiger charge is 2.31. The molecule has 5 nitrogen and oxygen atoms in total. The Morgan fingerprint density at radius 2 is 2.33 bits per heavy atom. The normalized spacial score (nSPS) is 16.9. The van der Waals surface area contributed by atoms with E-state index in [1.165, 1.54) is 12.8 Å². The van der Waals surface area contributed by atoms with Crippen molar-refractivity contribution in [1.82, 2.24) is 15.1 Å². The molecule has 1 heterocycles. The van der Waals surface area contributed by atoms with Gasteiger partial charge < -0.3 is 10.1 Å².